The van der Waals surface area contributed by atoms with Gasteiger partial charge in [0.25, 0.3) is 0 Å². The summed E-state index contributed by atoms with van der Waals surface area (Å²) in [6.45, 7) is 4.60. The summed E-state index contributed by atoms with van der Waals surface area (Å²) < 4.78 is 19.8. The summed E-state index contributed by atoms with van der Waals surface area (Å²) in [6, 6.07) is 4.69. The summed E-state index contributed by atoms with van der Waals surface area (Å²) in [5.74, 6) is -0.236. The van der Waals surface area contributed by atoms with Crippen LogP contribution in [0.4, 0.5) is 4.39 Å². The van der Waals surface area contributed by atoms with Crippen molar-refractivity contribution in [3.8, 4) is 0 Å². The Morgan fingerprint density at radius 3 is 2.43 bits per heavy atom. The van der Waals surface area contributed by atoms with Crippen LogP contribution in [0.15, 0.2) is 22.7 Å². The molecule has 1 atom stereocenters. The van der Waals surface area contributed by atoms with Gasteiger partial charge in [-0.25, -0.2) is 4.39 Å². The molecular formula is C17H25BrFNO. The van der Waals surface area contributed by atoms with Crippen LogP contribution in [-0.4, -0.2) is 18.8 Å². The van der Waals surface area contributed by atoms with Crippen molar-refractivity contribution in [1.29, 1.82) is 0 Å². The van der Waals surface area contributed by atoms with E-state index in [0.717, 1.165) is 35.7 Å². The van der Waals surface area contributed by atoms with Crippen molar-refractivity contribution in [2.75, 3.05) is 7.11 Å². The Labute approximate surface area is 135 Å². The Morgan fingerprint density at radius 1 is 1.29 bits per heavy atom. The van der Waals surface area contributed by atoms with Crippen LogP contribution in [0.3, 0.4) is 0 Å². The summed E-state index contributed by atoms with van der Waals surface area (Å²) >= 11 is 3.42. The van der Waals surface area contributed by atoms with Gasteiger partial charge in [0.1, 0.15) is 5.82 Å². The third-order valence-electron chi connectivity index (χ3n) is 4.99. The lowest BCUT2D eigenvalue weighted by Gasteiger charge is -2.46. The van der Waals surface area contributed by atoms with Gasteiger partial charge >= 0.3 is 0 Å². The highest BCUT2D eigenvalue weighted by Crippen LogP contribution is 2.43. The number of methoxy groups -OCH3 is 1. The number of ether oxygens (including phenoxy) is 1. The van der Waals surface area contributed by atoms with E-state index in [1.54, 1.807) is 13.2 Å². The van der Waals surface area contributed by atoms with E-state index in [2.05, 4.69) is 29.8 Å². The van der Waals surface area contributed by atoms with Crippen LogP contribution in [0.5, 0.6) is 0 Å². The van der Waals surface area contributed by atoms with Gasteiger partial charge in [-0.05, 0) is 55.2 Å². The molecule has 0 radical (unpaired) electrons. The van der Waals surface area contributed by atoms with Crippen molar-refractivity contribution in [1.82, 2.24) is 0 Å². The van der Waals surface area contributed by atoms with Gasteiger partial charge in [0.05, 0.1) is 5.60 Å². The number of benzene rings is 1. The zero-order chi connectivity index (χ0) is 15.7. The predicted octanol–water partition coefficient (Wildman–Crippen LogP) is 4.44. The fourth-order valence-corrected chi connectivity index (χ4v) is 3.70. The van der Waals surface area contributed by atoms with Gasteiger partial charge in [0.15, 0.2) is 0 Å². The van der Waals surface area contributed by atoms with E-state index in [4.69, 9.17) is 10.5 Å². The SMILES string of the molecule is COC1(C(N)Cc2ccc(F)cc2Br)CCC(C)(C)CC1. The average Bonchev–Trinajstić information content (AvgIpc) is 2.42. The molecule has 21 heavy (non-hydrogen) atoms. The van der Waals surface area contributed by atoms with E-state index in [-0.39, 0.29) is 17.5 Å². The Morgan fingerprint density at radius 2 is 1.90 bits per heavy atom. The van der Waals surface area contributed by atoms with Gasteiger partial charge in [-0.2, -0.15) is 0 Å². The Kier molecular flexibility index (Phi) is 5.11. The van der Waals surface area contributed by atoms with Crippen LogP contribution in [0.2, 0.25) is 0 Å². The van der Waals surface area contributed by atoms with Crippen LogP contribution in [-0.2, 0) is 11.2 Å². The van der Waals surface area contributed by atoms with Crippen molar-refractivity contribution in [3.05, 3.63) is 34.1 Å². The second-order valence-corrected chi connectivity index (χ2v) is 7.83. The molecule has 0 aromatic heterocycles. The second-order valence-electron chi connectivity index (χ2n) is 6.98. The van der Waals surface area contributed by atoms with Crippen LogP contribution >= 0.6 is 15.9 Å². The van der Waals surface area contributed by atoms with Crippen LogP contribution in [0, 0.1) is 11.2 Å². The van der Waals surface area contributed by atoms with Gasteiger partial charge in [-0.3, -0.25) is 0 Å². The fraction of sp³-hybridized carbons (Fsp3) is 0.647. The summed E-state index contributed by atoms with van der Waals surface area (Å²) in [4.78, 5) is 0. The lowest BCUT2D eigenvalue weighted by atomic mass is 9.68. The number of nitrogens with two attached hydrogens (primary N) is 1. The minimum absolute atomic E-state index is 0.0830. The van der Waals surface area contributed by atoms with Crippen molar-refractivity contribution in [3.63, 3.8) is 0 Å². The number of halogens is 2. The molecule has 0 aliphatic heterocycles. The molecule has 0 spiro atoms. The first-order chi connectivity index (χ1) is 9.78. The molecule has 1 aromatic rings. The molecule has 1 aliphatic rings. The van der Waals surface area contributed by atoms with Gasteiger partial charge < -0.3 is 10.5 Å². The maximum atomic E-state index is 13.2. The van der Waals surface area contributed by atoms with E-state index in [9.17, 15) is 4.39 Å². The number of hydrogen-bond acceptors (Lipinski definition) is 2. The third kappa shape index (κ3) is 3.85. The molecule has 4 heteroatoms. The number of hydrogen-bond donors (Lipinski definition) is 1. The second kappa shape index (κ2) is 6.35. The molecule has 0 saturated heterocycles. The van der Waals surface area contributed by atoms with E-state index < -0.39 is 0 Å². The van der Waals surface area contributed by atoms with E-state index >= 15 is 0 Å². The average molecular weight is 358 g/mol. The van der Waals surface area contributed by atoms with Gasteiger partial charge in [0, 0.05) is 17.6 Å². The van der Waals surface area contributed by atoms with Crippen molar-refractivity contribution in [2.45, 2.75) is 57.6 Å². The summed E-state index contributed by atoms with van der Waals surface area (Å²) in [5.41, 5.74) is 7.63. The van der Waals surface area contributed by atoms with E-state index in [1.165, 1.54) is 12.1 Å². The predicted molar refractivity (Wildman–Crippen MR) is 87.8 cm³/mol. The molecule has 0 heterocycles. The van der Waals surface area contributed by atoms with Crippen molar-refractivity contribution >= 4 is 15.9 Å². The molecular weight excluding hydrogens is 333 g/mol. The highest BCUT2D eigenvalue weighted by molar-refractivity contribution is 9.10. The lowest BCUT2D eigenvalue weighted by molar-refractivity contribution is -0.0781. The molecule has 0 bridgehead atoms. The summed E-state index contributed by atoms with van der Waals surface area (Å²) in [7, 11) is 1.76. The molecule has 2 N–H and O–H groups in total. The molecule has 2 nitrogen and oxygen atoms in total. The van der Waals surface area contributed by atoms with Crippen LogP contribution < -0.4 is 5.73 Å². The summed E-state index contributed by atoms with van der Waals surface area (Å²) in [6.07, 6.45) is 4.90. The van der Waals surface area contributed by atoms with Gasteiger partial charge in [0.2, 0.25) is 0 Å². The van der Waals surface area contributed by atoms with E-state index in [0.29, 0.717) is 11.8 Å². The number of rotatable bonds is 4. The standard InChI is InChI=1S/C17H25BrFNO/c1-16(2)6-8-17(21-3,9-7-16)15(20)10-12-4-5-13(19)11-14(12)18/h4-5,11,15H,6-10,20H2,1-3H3. The first-order valence-electron chi connectivity index (χ1n) is 7.53. The first-order valence-corrected chi connectivity index (χ1v) is 8.32. The van der Waals surface area contributed by atoms with Gasteiger partial charge in [-0.15, -0.1) is 0 Å². The minimum atomic E-state index is -0.261. The Balaban J connectivity index is 2.12. The monoisotopic (exact) mass is 357 g/mol. The fourth-order valence-electron chi connectivity index (χ4n) is 3.19. The highest BCUT2D eigenvalue weighted by atomic mass is 79.9. The third-order valence-corrected chi connectivity index (χ3v) is 5.73. The first kappa shape index (κ1) is 16.9. The molecule has 0 amide bonds. The van der Waals surface area contributed by atoms with Crippen molar-refractivity contribution < 1.29 is 9.13 Å². The zero-order valence-corrected chi connectivity index (χ0v) is 14.7. The van der Waals surface area contributed by atoms with Crippen LogP contribution in [0.25, 0.3) is 0 Å². The lowest BCUT2D eigenvalue weighted by Crippen LogP contribution is -2.53. The zero-order valence-electron chi connectivity index (χ0n) is 13.1. The quantitative estimate of drug-likeness (QED) is 0.864. The molecule has 118 valence electrons. The molecule has 1 fully saturated rings. The maximum Gasteiger partial charge on any atom is 0.124 e. The molecule has 1 aromatic carbocycles. The Hall–Kier alpha value is -0.450. The normalized spacial score (nSPS) is 22.0. The topological polar surface area (TPSA) is 35.2 Å². The smallest absolute Gasteiger partial charge is 0.124 e. The molecule has 1 unspecified atom stereocenters. The highest BCUT2D eigenvalue weighted by Gasteiger charge is 2.42. The largest absolute Gasteiger partial charge is 0.377 e. The maximum absolute atomic E-state index is 13.2. The Bertz CT molecular complexity index is 494. The van der Waals surface area contributed by atoms with Gasteiger partial charge in [-0.1, -0.05) is 35.8 Å². The molecule has 1 aliphatic carbocycles. The van der Waals surface area contributed by atoms with Crippen molar-refractivity contribution in [2.24, 2.45) is 11.1 Å². The minimum Gasteiger partial charge on any atom is -0.377 e. The van der Waals surface area contributed by atoms with E-state index in [1.807, 2.05) is 0 Å². The summed E-state index contributed by atoms with van der Waals surface area (Å²) in [5, 5.41) is 0. The van der Waals surface area contributed by atoms with Crippen LogP contribution in [0.1, 0.15) is 45.1 Å². The molecule has 2 rings (SSSR count). The molecule has 1 saturated carbocycles.